The number of sulfonamides is 1. The van der Waals surface area contributed by atoms with Crippen LogP contribution in [0.5, 0.6) is 0 Å². The summed E-state index contributed by atoms with van der Waals surface area (Å²) < 4.78 is 40.2. The molecule has 0 fully saturated rings. The van der Waals surface area contributed by atoms with Crippen molar-refractivity contribution < 1.29 is 17.9 Å². The zero-order valence-corrected chi connectivity index (χ0v) is 11.7. The Labute approximate surface area is 120 Å². The third-order valence-corrected chi connectivity index (χ3v) is 4.19. The number of halogens is 2. The van der Waals surface area contributed by atoms with Crippen molar-refractivity contribution in [2.45, 2.75) is 11.5 Å². The van der Waals surface area contributed by atoms with Crippen molar-refractivity contribution in [2.75, 3.05) is 4.72 Å². The molecule has 0 aliphatic carbocycles. The molecule has 0 saturated carbocycles. The molecule has 2 rings (SSSR count). The normalized spacial score (nSPS) is 11.3. The lowest BCUT2D eigenvalue weighted by Gasteiger charge is -2.09. The van der Waals surface area contributed by atoms with Gasteiger partial charge in [0.25, 0.3) is 10.0 Å². The smallest absolute Gasteiger partial charge is 0.264 e. The zero-order chi connectivity index (χ0) is 14.8. The van der Waals surface area contributed by atoms with Crippen LogP contribution in [-0.4, -0.2) is 13.5 Å². The minimum atomic E-state index is -4.05. The molecule has 4 nitrogen and oxygen atoms in total. The van der Waals surface area contributed by atoms with Gasteiger partial charge < -0.3 is 5.11 Å². The Morgan fingerprint density at radius 1 is 1.20 bits per heavy atom. The number of hydrogen-bond acceptors (Lipinski definition) is 3. The van der Waals surface area contributed by atoms with E-state index in [-0.39, 0.29) is 12.3 Å². The van der Waals surface area contributed by atoms with Gasteiger partial charge in [-0.05, 0) is 35.9 Å². The number of benzene rings is 2. The minimum absolute atomic E-state index is 0.239. The van der Waals surface area contributed by atoms with Crippen molar-refractivity contribution in [1.82, 2.24) is 0 Å². The summed E-state index contributed by atoms with van der Waals surface area (Å²) in [5, 5.41) is 9.24. The third kappa shape index (κ3) is 3.27. The number of hydrogen-bond donors (Lipinski definition) is 2. The Morgan fingerprint density at radius 3 is 2.55 bits per heavy atom. The van der Waals surface area contributed by atoms with Gasteiger partial charge in [0.15, 0.2) is 0 Å². The Kier molecular flexibility index (Phi) is 4.27. The Balaban J connectivity index is 2.36. The van der Waals surface area contributed by atoms with Crippen molar-refractivity contribution in [3.63, 3.8) is 0 Å². The van der Waals surface area contributed by atoms with E-state index in [0.717, 1.165) is 12.1 Å². The largest absolute Gasteiger partial charge is 0.392 e. The highest BCUT2D eigenvalue weighted by atomic mass is 35.5. The summed E-state index contributed by atoms with van der Waals surface area (Å²) in [5.74, 6) is -0.925. The van der Waals surface area contributed by atoms with Crippen molar-refractivity contribution in [2.24, 2.45) is 0 Å². The molecule has 0 amide bonds. The molecule has 0 saturated heterocycles. The van der Waals surface area contributed by atoms with Crippen molar-refractivity contribution in [1.29, 1.82) is 0 Å². The van der Waals surface area contributed by atoms with Crippen LogP contribution >= 0.6 is 11.6 Å². The maximum Gasteiger partial charge on any atom is 0.264 e. The minimum Gasteiger partial charge on any atom is -0.392 e. The summed E-state index contributed by atoms with van der Waals surface area (Å²) in [6.07, 6.45) is 0. The first-order chi connectivity index (χ1) is 9.42. The summed E-state index contributed by atoms with van der Waals surface area (Å²) in [7, 11) is -4.05. The highest BCUT2D eigenvalue weighted by Gasteiger charge is 2.19. The summed E-state index contributed by atoms with van der Waals surface area (Å²) in [5.41, 5.74) is 0.535. The number of nitrogens with one attached hydrogen (secondary N) is 1. The van der Waals surface area contributed by atoms with E-state index in [1.807, 2.05) is 0 Å². The second-order valence-electron chi connectivity index (χ2n) is 4.04. The van der Waals surface area contributed by atoms with Crippen molar-refractivity contribution >= 4 is 27.3 Å². The molecule has 0 bridgehead atoms. The molecule has 7 heteroatoms. The molecule has 0 unspecified atom stereocenters. The average Bonchev–Trinajstić information content (AvgIpc) is 2.37. The molecular weight excluding hydrogens is 305 g/mol. The molecule has 2 N–H and O–H groups in total. The van der Waals surface area contributed by atoms with Gasteiger partial charge >= 0.3 is 0 Å². The molecular formula is C13H11ClFNO3S. The SMILES string of the molecule is O=S(=O)(Nc1cccc(Cl)c1)c1ccc(CO)cc1F. The zero-order valence-electron chi connectivity index (χ0n) is 10.2. The van der Waals surface area contributed by atoms with E-state index in [1.54, 1.807) is 12.1 Å². The van der Waals surface area contributed by atoms with Crippen molar-refractivity contribution in [3.8, 4) is 0 Å². The highest BCUT2D eigenvalue weighted by Crippen LogP contribution is 2.21. The van der Waals surface area contributed by atoms with Gasteiger partial charge in [-0.1, -0.05) is 23.7 Å². The number of anilines is 1. The third-order valence-electron chi connectivity index (χ3n) is 2.55. The topological polar surface area (TPSA) is 66.4 Å². The first kappa shape index (κ1) is 14.8. The van der Waals surface area contributed by atoms with E-state index in [9.17, 15) is 12.8 Å². The van der Waals surface area contributed by atoms with E-state index >= 15 is 0 Å². The van der Waals surface area contributed by atoms with Gasteiger partial charge in [0.1, 0.15) is 10.7 Å². The molecule has 0 aliphatic rings. The van der Waals surface area contributed by atoms with Crippen LogP contribution in [-0.2, 0) is 16.6 Å². The second kappa shape index (κ2) is 5.78. The Bertz CT molecular complexity index is 734. The van der Waals surface area contributed by atoms with E-state index in [0.29, 0.717) is 10.6 Å². The van der Waals surface area contributed by atoms with Crippen LogP contribution in [0.1, 0.15) is 5.56 Å². The van der Waals surface area contributed by atoms with Gasteiger partial charge in [-0.25, -0.2) is 12.8 Å². The van der Waals surface area contributed by atoms with Crippen LogP contribution < -0.4 is 4.72 Å². The standard InChI is InChI=1S/C13H11ClFNO3S/c14-10-2-1-3-11(7-10)16-20(18,19)13-5-4-9(8-17)6-12(13)15/h1-7,16-17H,8H2. The number of aliphatic hydroxyl groups is 1. The quantitative estimate of drug-likeness (QED) is 0.911. The summed E-state index contributed by atoms with van der Waals surface area (Å²) in [6, 6.07) is 9.51. The van der Waals surface area contributed by atoms with E-state index in [4.69, 9.17) is 16.7 Å². The van der Waals surface area contributed by atoms with E-state index in [1.165, 1.54) is 18.2 Å². The summed E-state index contributed by atoms with van der Waals surface area (Å²) >= 11 is 5.75. The maximum absolute atomic E-state index is 13.8. The van der Waals surface area contributed by atoms with Crippen molar-refractivity contribution in [3.05, 3.63) is 58.9 Å². The molecule has 106 valence electrons. The van der Waals surface area contributed by atoms with E-state index < -0.39 is 20.7 Å². The highest BCUT2D eigenvalue weighted by molar-refractivity contribution is 7.92. The Morgan fingerprint density at radius 2 is 1.95 bits per heavy atom. The van der Waals surface area contributed by atoms with Gasteiger partial charge in [0.2, 0.25) is 0 Å². The van der Waals surface area contributed by atoms with Gasteiger partial charge in [-0.3, -0.25) is 4.72 Å². The molecule has 0 heterocycles. The van der Waals surface area contributed by atoms with Crippen LogP contribution in [0.3, 0.4) is 0 Å². The fourth-order valence-corrected chi connectivity index (χ4v) is 2.92. The predicted molar refractivity (Wildman–Crippen MR) is 74.6 cm³/mol. The second-order valence-corrected chi connectivity index (χ2v) is 6.13. The lowest BCUT2D eigenvalue weighted by Crippen LogP contribution is -2.14. The van der Waals surface area contributed by atoms with Gasteiger partial charge in [0, 0.05) is 5.02 Å². The summed E-state index contributed by atoms with van der Waals surface area (Å²) in [4.78, 5) is -0.491. The molecule has 2 aromatic rings. The number of aliphatic hydroxyl groups excluding tert-OH is 1. The lowest BCUT2D eigenvalue weighted by atomic mass is 10.2. The van der Waals surface area contributed by atoms with Gasteiger partial charge in [0.05, 0.1) is 12.3 Å². The fraction of sp³-hybridized carbons (Fsp3) is 0.0769. The van der Waals surface area contributed by atoms with Crippen LogP contribution in [0.25, 0.3) is 0 Å². The molecule has 0 radical (unpaired) electrons. The monoisotopic (exact) mass is 315 g/mol. The Hall–Kier alpha value is -1.63. The summed E-state index contributed by atoms with van der Waals surface area (Å²) in [6.45, 7) is -0.362. The lowest BCUT2D eigenvalue weighted by molar-refractivity contribution is 0.281. The predicted octanol–water partition coefficient (Wildman–Crippen LogP) is 2.77. The molecule has 0 aliphatic heterocycles. The molecule has 20 heavy (non-hydrogen) atoms. The van der Waals surface area contributed by atoms with Crippen LogP contribution in [0, 0.1) is 5.82 Å². The van der Waals surface area contributed by atoms with Gasteiger partial charge in [-0.15, -0.1) is 0 Å². The molecule has 0 atom stereocenters. The van der Waals surface area contributed by atoms with Crippen LogP contribution in [0.2, 0.25) is 5.02 Å². The maximum atomic E-state index is 13.8. The number of rotatable bonds is 4. The first-order valence-electron chi connectivity index (χ1n) is 5.60. The first-order valence-corrected chi connectivity index (χ1v) is 7.46. The molecule has 2 aromatic carbocycles. The molecule has 0 aromatic heterocycles. The van der Waals surface area contributed by atoms with Crippen LogP contribution in [0.15, 0.2) is 47.4 Å². The van der Waals surface area contributed by atoms with Gasteiger partial charge in [-0.2, -0.15) is 0 Å². The molecule has 0 spiro atoms. The average molecular weight is 316 g/mol. The van der Waals surface area contributed by atoms with Crippen LogP contribution in [0.4, 0.5) is 10.1 Å². The fourth-order valence-electron chi connectivity index (χ4n) is 1.62. The van der Waals surface area contributed by atoms with E-state index in [2.05, 4.69) is 4.72 Å².